The number of hydrogen-bond donors (Lipinski definition) is 0. The number of amides is 1. The van der Waals surface area contributed by atoms with Crippen LogP contribution in [0.1, 0.15) is 31.4 Å². The van der Waals surface area contributed by atoms with Crippen molar-refractivity contribution in [3.8, 4) is 0 Å². The predicted octanol–water partition coefficient (Wildman–Crippen LogP) is 1.41. The Morgan fingerprint density at radius 1 is 1.28 bits per heavy atom. The van der Waals surface area contributed by atoms with Gasteiger partial charge in [0, 0.05) is 31.1 Å². The summed E-state index contributed by atoms with van der Waals surface area (Å²) in [5.41, 5.74) is 0.841. The highest BCUT2D eigenvalue weighted by Crippen LogP contribution is 2.46. The van der Waals surface area contributed by atoms with Crippen molar-refractivity contribution in [1.29, 1.82) is 0 Å². The van der Waals surface area contributed by atoms with Gasteiger partial charge >= 0.3 is 0 Å². The molecule has 3 heterocycles. The van der Waals surface area contributed by atoms with E-state index >= 15 is 0 Å². The first-order valence-electron chi connectivity index (χ1n) is 9.01. The van der Waals surface area contributed by atoms with E-state index in [1.54, 1.807) is 11.1 Å². The van der Waals surface area contributed by atoms with Gasteiger partial charge in [0.1, 0.15) is 4.75 Å². The molecule has 1 aromatic rings. The predicted molar refractivity (Wildman–Crippen MR) is 92.4 cm³/mol. The van der Waals surface area contributed by atoms with Gasteiger partial charge in [-0.1, -0.05) is 12.5 Å². The molecule has 1 atom stereocenters. The molecule has 0 unspecified atom stereocenters. The Kier molecular flexibility index (Phi) is 4.32. The molecule has 3 fully saturated rings. The largest absolute Gasteiger partial charge is 0.375 e. The molecule has 0 bridgehead atoms. The highest BCUT2D eigenvalue weighted by Gasteiger charge is 2.62. The molecule has 0 aromatic carbocycles. The van der Waals surface area contributed by atoms with Gasteiger partial charge in [0.2, 0.25) is 5.91 Å². The van der Waals surface area contributed by atoms with Crippen molar-refractivity contribution in [2.24, 2.45) is 11.8 Å². The van der Waals surface area contributed by atoms with Crippen LogP contribution in [0.3, 0.4) is 0 Å². The fourth-order valence-corrected chi connectivity index (χ4v) is 6.57. The van der Waals surface area contributed by atoms with Crippen molar-refractivity contribution in [3.63, 3.8) is 0 Å². The third kappa shape index (κ3) is 2.87. The molecule has 6 nitrogen and oxygen atoms in total. The quantitative estimate of drug-likeness (QED) is 0.790. The van der Waals surface area contributed by atoms with Crippen LogP contribution in [0, 0.1) is 11.8 Å². The Hall–Kier alpha value is -1.47. The summed E-state index contributed by atoms with van der Waals surface area (Å²) >= 11 is 0. The third-order valence-electron chi connectivity index (χ3n) is 6.08. The highest BCUT2D eigenvalue weighted by atomic mass is 32.2. The van der Waals surface area contributed by atoms with Crippen LogP contribution in [0.4, 0.5) is 0 Å². The Labute approximate surface area is 148 Å². The van der Waals surface area contributed by atoms with Gasteiger partial charge < -0.3 is 9.64 Å². The summed E-state index contributed by atoms with van der Waals surface area (Å²) in [5, 5.41) is 0. The summed E-state index contributed by atoms with van der Waals surface area (Å²) < 4.78 is 30.2. The lowest BCUT2D eigenvalue weighted by Crippen LogP contribution is -2.69. The Morgan fingerprint density at radius 3 is 2.72 bits per heavy atom. The minimum atomic E-state index is -3.16. The molecule has 3 aliphatic rings. The zero-order valence-corrected chi connectivity index (χ0v) is 15.1. The van der Waals surface area contributed by atoms with Gasteiger partial charge in [0.25, 0.3) is 0 Å². The second kappa shape index (κ2) is 6.36. The second-order valence-electron chi connectivity index (χ2n) is 7.53. The van der Waals surface area contributed by atoms with Crippen LogP contribution in [0.25, 0.3) is 0 Å². The number of sulfone groups is 1. The summed E-state index contributed by atoms with van der Waals surface area (Å²) in [7, 11) is -3.16. The third-order valence-corrected chi connectivity index (χ3v) is 8.68. The van der Waals surface area contributed by atoms with Crippen LogP contribution in [-0.4, -0.2) is 54.4 Å². The molecular formula is C18H24N2O4S. The first-order valence-corrected chi connectivity index (χ1v) is 10.7. The molecule has 0 radical (unpaired) electrons. The molecule has 1 spiro atoms. The van der Waals surface area contributed by atoms with E-state index in [0.717, 1.165) is 25.0 Å². The number of carbonyl (C=O) groups excluding carboxylic acids is 1. The van der Waals surface area contributed by atoms with Crippen LogP contribution in [0.2, 0.25) is 0 Å². The van der Waals surface area contributed by atoms with Gasteiger partial charge in [-0.2, -0.15) is 0 Å². The van der Waals surface area contributed by atoms with E-state index in [1.165, 1.54) is 0 Å². The van der Waals surface area contributed by atoms with Crippen LogP contribution < -0.4 is 0 Å². The monoisotopic (exact) mass is 364 g/mol. The maximum atomic E-state index is 12.6. The van der Waals surface area contributed by atoms with E-state index in [-0.39, 0.29) is 23.5 Å². The summed E-state index contributed by atoms with van der Waals surface area (Å²) in [6.45, 7) is 1.49. The molecular weight excluding hydrogens is 340 g/mol. The normalized spacial score (nSPS) is 27.0. The zero-order chi connectivity index (χ0) is 17.5. The van der Waals surface area contributed by atoms with E-state index in [4.69, 9.17) is 4.74 Å². The van der Waals surface area contributed by atoms with Crippen LogP contribution >= 0.6 is 0 Å². The molecule has 1 aromatic heterocycles. The second-order valence-corrected chi connectivity index (χ2v) is 9.98. The number of aromatic nitrogens is 1. The van der Waals surface area contributed by atoms with E-state index in [9.17, 15) is 13.2 Å². The van der Waals surface area contributed by atoms with Gasteiger partial charge in [0.15, 0.2) is 9.84 Å². The summed E-state index contributed by atoms with van der Waals surface area (Å²) in [6, 6.07) is 5.65. The van der Waals surface area contributed by atoms with E-state index in [2.05, 4.69) is 4.98 Å². The number of nitrogens with zero attached hydrogens (tertiary/aromatic N) is 2. The number of pyridine rings is 1. The number of rotatable bonds is 5. The Balaban J connectivity index is 1.38. The van der Waals surface area contributed by atoms with Gasteiger partial charge in [0.05, 0.1) is 24.7 Å². The molecule has 1 aliphatic carbocycles. The number of likely N-dealkylation sites (tertiary alicyclic amines) is 1. The van der Waals surface area contributed by atoms with E-state index in [0.29, 0.717) is 32.7 Å². The molecule has 4 rings (SSSR count). The number of ether oxygens (including phenoxy) is 1. The van der Waals surface area contributed by atoms with Gasteiger partial charge in [-0.25, -0.2) is 8.42 Å². The standard InChI is InChI=1S/C18H24N2O4S/c21-17(14-4-3-5-14)20-12-18(13-20)15(7-9-25(18,22)23)10-24-11-16-6-1-2-8-19-16/h1-2,6,8,14-15H,3-5,7,9-13H2/t15-/m1/s1. The maximum absolute atomic E-state index is 12.6. The molecule has 136 valence electrons. The molecule has 1 amide bonds. The zero-order valence-electron chi connectivity index (χ0n) is 14.3. The minimum Gasteiger partial charge on any atom is -0.375 e. The van der Waals surface area contributed by atoms with Gasteiger partial charge in [-0.15, -0.1) is 0 Å². The fourth-order valence-electron chi connectivity index (χ4n) is 4.17. The van der Waals surface area contributed by atoms with Gasteiger partial charge in [-0.3, -0.25) is 9.78 Å². The maximum Gasteiger partial charge on any atom is 0.225 e. The summed E-state index contributed by atoms with van der Waals surface area (Å²) in [4.78, 5) is 18.3. The first-order chi connectivity index (χ1) is 12.0. The number of hydrogen-bond acceptors (Lipinski definition) is 5. The lowest BCUT2D eigenvalue weighted by Gasteiger charge is -2.51. The Morgan fingerprint density at radius 2 is 2.08 bits per heavy atom. The fraction of sp³-hybridized carbons (Fsp3) is 0.667. The van der Waals surface area contributed by atoms with Crippen molar-refractivity contribution in [2.75, 3.05) is 25.4 Å². The lowest BCUT2D eigenvalue weighted by atomic mass is 9.79. The van der Waals surface area contributed by atoms with Crippen LogP contribution in [0.15, 0.2) is 24.4 Å². The van der Waals surface area contributed by atoms with Crippen LogP contribution in [0.5, 0.6) is 0 Å². The minimum absolute atomic E-state index is 0.0355. The Bertz CT molecular complexity index is 740. The molecule has 2 aliphatic heterocycles. The molecule has 2 saturated heterocycles. The average Bonchev–Trinajstić information content (AvgIpc) is 2.76. The SMILES string of the molecule is O=C(C1CCC1)N1CC2(C1)[C@@H](COCc1ccccn1)CCS2(=O)=O. The van der Waals surface area contributed by atoms with Gasteiger partial charge in [-0.05, 0) is 31.4 Å². The van der Waals surface area contributed by atoms with E-state index < -0.39 is 14.6 Å². The van der Waals surface area contributed by atoms with Crippen molar-refractivity contribution < 1.29 is 17.9 Å². The summed E-state index contributed by atoms with van der Waals surface area (Å²) in [6.07, 6.45) is 5.35. The summed E-state index contributed by atoms with van der Waals surface area (Å²) in [5.74, 6) is 0.440. The lowest BCUT2D eigenvalue weighted by molar-refractivity contribution is -0.145. The van der Waals surface area contributed by atoms with Crippen molar-refractivity contribution in [3.05, 3.63) is 30.1 Å². The number of carbonyl (C=O) groups is 1. The van der Waals surface area contributed by atoms with Crippen molar-refractivity contribution in [2.45, 2.75) is 37.0 Å². The molecule has 25 heavy (non-hydrogen) atoms. The average molecular weight is 364 g/mol. The smallest absolute Gasteiger partial charge is 0.225 e. The van der Waals surface area contributed by atoms with Crippen LogP contribution in [-0.2, 0) is 26.0 Å². The highest BCUT2D eigenvalue weighted by molar-refractivity contribution is 7.93. The van der Waals surface area contributed by atoms with E-state index in [1.807, 2.05) is 18.2 Å². The van der Waals surface area contributed by atoms with Crippen molar-refractivity contribution in [1.82, 2.24) is 9.88 Å². The first kappa shape index (κ1) is 17.0. The topological polar surface area (TPSA) is 76.6 Å². The molecule has 7 heteroatoms. The molecule has 0 N–H and O–H groups in total. The molecule has 1 saturated carbocycles. The van der Waals surface area contributed by atoms with Crippen molar-refractivity contribution >= 4 is 15.7 Å².